The molecule has 0 radical (unpaired) electrons. The fourth-order valence-corrected chi connectivity index (χ4v) is 2.86. The Bertz CT molecular complexity index is 650. The fraction of sp³-hybridized carbons (Fsp3) is 0.476. The highest BCUT2D eigenvalue weighted by molar-refractivity contribution is 5.81. The molecular weight excluding hydrogens is 296 g/mol. The summed E-state index contributed by atoms with van der Waals surface area (Å²) in [7, 11) is 0. The van der Waals surface area contributed by atoms with Crippen molar-refractivity contribution in [2.75, 3.05) is 6.54 Å². The molecule has 0 aliphatic rings. The maximum atomic E-state index is 12.8. The number of aromatic nitrogens is 1. The van der Waals surface area contributed by atoms with Crippen LogP contribution in [0.1, 0.15) is 45.9 Å². The summed E-state index contributed by atoms with van der Waals surface area (Å²) in [6, 6.07) is 14.6. The largest absolute Gasteiger partial charge is 0.345 e. The van der Waals surface area contributed by atoms with Gasteiger partial charge in [0.05, 0.1) is 6.54 Å². The van der Waals surface area contributed by atoms with Crippen LogP contribution in [0, 0.1) is 11.3 Å². The molecular formula is C21H30N2O. The van der Waals surface area contributed by atoms with E-state index in [9.17, 15) is 4.79 Å². The van der Waals surface area contributed by atoms with Gasteiger partial charge in [-0.3, -0.25) is 4.79 Å². The van der Waals surface area contributed by atoms with Gasteiger partial charge in [-0.2, -0.15) is 0 Å². The van der Waals surface area contributed by atoms with Crippen molar-refractivity contribution in [2.24, 2.45) is 11.3 Å². The van der Waals surface area contributed by atoms with Crippen LogP contribution in [0.25, 0.3) is 0 Å². The number of hydrogen-bond acceptors (Lipinski definition) is 1. The first-order chi connectivity index (χ1) is 11.3. The molecule has 0 bridgehead atoms. The number of carbonyl (C=O) groups is 1. The molecule has 0 fully saturated rings. The van der Waals surface area contributed by atoms with Crippen LogP contribution in [0.4, 0.5) is 0 Å². The maximum absolute atomic E-state index is 12.8. The first kappa shape index (κ1) is 18.3. The molecule has 1 aromatic heterocycles. The molecule has 2 rings (SSSR count). The van der Waals surface area contributed by atoms with E-state index in [-0.39, 0.29) is 11.3 Å². The molecule has 0 N–H and O–H groups in total. The van der Waals surface area contributed by atoms with E-state index < -0.39 is 0 Å². The van der Waals surface area contributed by atoms with Gasteiger partial charge in [0.15, 0.2) is 0 Å². The van der Waals surface area contributed by atoms with Crippen molar-refractivity contribution in [1.29, 1.82) is 0 Å². The van der Waals surface area contributed by atoms with E-state index in [1.165, 1.54) is 11.3 Å². The Morgan fingerprint density at radius 3 is 2.33 bits per heavy atom. The third-order valence-electron chi connectivity index (χ3n) is 3.99. The minimum Gasteiger partial charge on any atom is -0.345 e. The van der Waals surface area contributed by atoms with Gasteiger partial charge in [-0.1, -0.05) is 65.0 Å². The second-order valence-electron chi connectivity index (χ2n) is 7.94. The summed E-state index contributed by atoms with van der Waals surface area (Å²) >= 11 is 0. The number of amides is 1. The van der Waals surface area contributed by atoms with Crippen LogP contribution in [0.5, 0.6) is 0 Å². The minimum absolute atomic E-state index is 0.212. The van der Waals surface area contributed by atoms with Crippen molar-refractivity contribution in [3.05, 3.63) is 59.9 Å². The molecule has 2 aromatic rings. The predicted molar refractivity (Wildman–Crippen MR) is 99.7 cm³/mol. The van der Waals surface area contributed by atoms with Crippen LogP contribution >= 0.6 is 0 Å². The quantitative estimate of drug-likeness (QED) is 0.763. The van der Waals surface area contributed by atoms with Gasteiger partial charge < -0.3 is 9.47 Å². The topological polar surface area (TPSA) is 25.2 Å². The van der Waals surface area contributed by atoms with Gasteiger partial charge in [0.25, 0.3) is 0 Å². The van der Waals surface area contributed by atoms with Crippen LogP contribution in [0.3, 0.4) is 0 Å². The molecule has 1 heterocycles. The second-order valence-corrected chi connectivity index (χ2v) is 7.94. The summed E-state index contributed by atoms with van der Waals surface area (Å²) in [6.07, 6.45) is 2.09. The van der Waals surface area contributed by atoms with Gasteiger partial charge in [0.2, 0.25) is 5.91 Å². The Labute approximate surface area is 146 Å². The molecule has 0 aliphatic carbocycles. The highest BCUT2D eigenvalue weighted by Gasteiger charge is 2.28. The molecule has 0 saturated carbocycles. The van der Waals surface area contributed by atoms with Gasteiger partial charge in [0, 0.05) is 30.4 Å². The summed E-state index contributed by atoms with van der Waals surface area (Å²) < 4.78 is 2.23. The van der Waals surface area contributed by atoms with Crippen molar-refractivity contribution in [3.8, 4) is 0 Å². The number of benzene rings is 1. The lowest BCUT2D eigenvalue weighted by Crippen LogP contribution is -2.41. The fourth-order valence-electron chi connectivity index (χ4n) is 2.86. The molecule has 1 amide bonds. The zero-order chi connectivity index (χ0) is 17.7. The van der Waals surface area contributed by atoms with Gasteiger partial charge in [-0.15, -0.1) is 0 Å². The van der Waals surface area contributed by atoms with Gasteiger partial charge in [-0.25, -0.2) is 0 Å². The Hall–Kier alpha value is -2.03. The lowest BCUT2D eigenvalue weighted by molar-refractivity contribution is -0.140. The highest BCUT2D eigenvalue weighted by atomic mass is 16.2. The van der Waals surface area contributed by atoms with Gasteiger partial charge >= 0.3 is 0 Å². The van der Waals surface area contributed by atoms with Crippen LogP contribution in [-0.2, 0) is 17.9 Å². The normalized spacial score (nSPS) is 11.8. The Balaban J connectivity index is 2.18. The molecule has 3 nitrogen and oxygen atoms in total. The Kier molecular flexibility index (Phi) is 5.87. The third kappa shape index (κ3) is 4.98. The summed E-state index contributed by atoms with van der Waals surface area (Å²) in [4.78, 5) is 14.8. The van der Waals surface area contributed by atoms with E-state index in [2.05, 4.69) is 61.0 Å². The molecule has 1 aromatic carbocycles. The molecule has 0 unspecified atom stereocenters. The van der Waals surface area contributed by atoms with Crippen molar-refractivity contribution < 1.29 is 4.79 Å². The SMILES string of the molecule is CC(C)CN(Cc1cccn1Cc1ccccc1)C(=O)C(C)(C)C. The molecule has 3 heteroatoms. The van der Waals surface area contributed by atoms with Crippen LogP contribution in [0.2, 0.25) is 0 Å². The van der Waals surface area contributed by atoms with E-state index in [0.717, 1.165) is 13.1 Å². The van der Waals surface area contributed by atoms with Crippen LogP contribution < -0.4 is 0 Å². The minimum atomic E-state index is -0.355. The highest BCUT2D eigenvalue weighted by Crippen LogP contribution is 2.21. The first-order valence-electron chi connectivity index (χ1n) is 8.74. The summed E-state index contributed by atoms with van der Waals surface area (Å²) in [5.74, 6) is 0.664. The zero-order valence-electron chi connectivity index (χ0n) is 15.6. The van der Waals surface area contributed by atoms with Crippen molar-refractivity contribution in [1.82, 2.24) is 9.47 Å². The summed E-state index contributed by atoms with van der Waals surface area (Å²) in [5, 5.41) is 0. The molecule has 24 heavy (non-hydrogen) atoms. The van der Waals surface area contributed by atoms with Crippen LogP contribution in [-0.4, -0.2) is 21.9 Å². The molecule has 0 aliphatic heterocycles. The summed E-state index contributed by atoms with van der Waals surface area (Å²) in [5.41, 5.74) is 2.09. The average molecular weight is 326 g/mol. The Morgan fingerprint density at radius 2 is 1.75 bits per heavy atom. The number of rotatable bonds is 6. The van der Waals surface area contributed by atoms with Gasteiger partial charge in [0.1, 0.15) is 0 Å². The lowest BCUT2D eigenvalue weighted by atomic mass is 9.94. The van der Waals surface area contributed by atoms with Crippen molar-refractivity contribution in [2.45, 2.75) is 47.7 Å². The van der Waals surface area contributed by atoms with E-state index in [1.807, 2.05) is 31.7 Å². The van der Waals surface area contributed by atoms with E-state index >= 15 is 0 Å². The third-order valence-corrected chi connectivity index (χ3v) is 3.99. The van der Waals surface area contributed by atoms with E-state index in [1.54, 1.807) is 0 Å². The maximum Gasteiger partial charge on any atom is 0.228 e. The molecule has 0 atom stereocenters. The molecule has 130 valence electrons. The van der Waals surface area contributed by atoms with Crippen molar-refractivity contribution >= 4 is 5.91 Å². The van der Waals surface area contributed by atoms with Crippen LogP contribution in [0.15, 0.2) is 48.7 Å². The number of nitrogens with zero attached hydrogens (tertiary/aromatic N) is 2. The lowest BCUT2D eigenvalue weighted by Gasteiger charge is -2.31. The first-order valence-corrected chi connectivity index (χ1v) is 8.74. The summed E-state index contributed by atoms with van der Waals surface area (Å²) in [6.45, 7) is 12.6. The Morgan fingerprint density at radius 1 is 1.08 bits per heavy atom. The standard InChI is InChI=1S/C21H30N2O/c1-17(2)14-23(20(24)21(3,4)5)16-19-12-9-13-22(19)15-18-10-7-6-8-11-18/h6-13,17H,14-16H2,1-5H3. The predicted octanol–water partition coefficient (Wildman–Crippen LogP) is 4.57. The monoisotopic (exact) mass is 326 g/mol. The number of carbonyl (C=O) groups excluding carboxylic acids is 1. The van der Waals surface area contributed by atoms with Crippen molar-refractivity contribution in [3.63, 3.8) is 0 Å². The van der Waals surface area contributed by atoms with E-state index in [0.29, 0.717) is 12.5 Å². The van der Waals surface area contributed by atoms with Gasteiger partial charge in [-0.05, 0) is 23.6 Å². The zero-order valence-corrected chi connectivity index (χ0v) is 15.6. The molecule has 0 spiro atoms. The second kappa shape index (κ2) is 7.69. The van der Waals surface area contributed by atoms with E-state index in [4.69, 9.17) is 0 Å². The number of hydrogen-bond donors (Lipinski definition) is 0. The average Bonchev–Trinajstić information content (AvgIpc) is 2.92. The molecule has 0 saturated heterocycles. The smallest absolute Gasteiger partial charge is 0.228 e.